The van der Waals surface area contributed by atoms with E-state index in [4.69, 9.17) is 0 Å². The highest BCUT2D eigenvalue weighted by Gasteiger charge is 2.40. The summed E-state index contributed by atoms with van der Waals surface area (Å²) in [6, 6.07) is 17.8. The van der Waals surface area contributed by atoms with E-state index in [9.17, 15) is 0 Å². The van der Waals surface area contributed by atoms with Gasteiger partial charge in [0.2, 0.25) is 0 Å². The monoisotopic (exact) mass is 317 g/mol. The molecule has 0 saturated heterocycles. The molecular weight excluding hydrogens is 290 g/mol. The van der Waals surface area contributed by atoms with Gasteiger partial charge >= 0.3 is 0 Å². The molecule has 1 atom stereocenters. The molecule has 2 heterocycles. The van der Waals surface area contributed by atoms with E-state index in [1.54, 1.807) is 0 Å². The van der Waals surface area contributed by atoms with Crippen molar-refractivity contribution in [2.45, 2.75) is 51.5 Å². The zero-order chi connectivity index (χ0) is 16.6. The summed E-state index contributed by atoms with van der Waals surface area (Å²) in [6.45, 7) is 5.87. The molecule has 1 heteroatoms. The van der Waals surface area contributed by atoms with Gasteiger partial charge in [-0.3, -0.25) is 0 Å². The Balaban J connectivity index is 1.98. The number of nitrogens with zero attached hydrogens (tertiary/aromatic N) is 1. The van der Waals surface area contributed by atoms with E-state index in [0.717, 1.165) is 0 Å². The molecule has 1 unspecified atom stereocenters. The van der Waals surface area contributed by atoms with Crippen LogP contribution in [0.1, 0.15) is 56.2 Å². The Labute approximate surface area is 146 Å². The second-order valence-electron chi connectivity index (χ2n) is 7.20. The number of benzene rings is 2. The molecule has 2 aliphatic rings. The Morgan fingerprint density at radius 2 is 1.83 bits per heavy atom. The van der Waals surface area contributed by atoms with Gasteiger partial charge in [0, 0.05) is 17.8 Å². The fourth-order valence-corrected chi connectivity index (χ4v) is 4.70. The highest BCUT2D eigenvalue weighted by molar-refractivity contribution is 5.92. The third-order valence-corrected chi connectivity index (χ3v) is 5.84. The standard InChI is InChI=1S/C23H27N/c1-3-15-23(4-2)17-21(18-10-6-5-7-11-18)20-14-8-12-19-13-9-16-24(23)22(19)20/h5-8,10-12,14,17H,3-4,9,13,15-16H2,1-2H3. The lowest BCUT2D eigenvalue weighted by Gasteiger charge is -2.50. The third-order valence-electron chi connectivity index (χ3n) is 5.84. The molecule has 0 aliphatic carbocycles. The fraction of sp³-hybridized carbons (Fsp3) is 0.391. The van der Waals surface area contributed by atoms with Crippen molar-refractivity contribution in [1.82, 2.24) is 0 Å². The maximum atomic E-state index is 2.73. The molecule has 0 amide bonds. The quantitative estimate of drug-likeness (QED) is 0.685. The fourth-order valence-electron chi connectivity index (χ4n) is 4.70. The van der Waals surface area contributed by atoms with Crippen molar-refractivity contribution in [3.05, 3.63) is 71.3 Å². The minimum atomic E-state index is 0.170. The average molecular weight is 317 g/mol. The van der Waals surface area contributed by atoms with Crippen LogP contribution >= 0.6 is 0 Å². The summed E-state index contributed by atoms with van der Waals surface area (Å²) in [7, 11) is 0. The van der Waals surface area contributed by atoms with Gasteiger partial charge in [0.05, 0.1) is 5.54 Å². The van der Waals surface area contributed by atoms with Gasteiger partial charge in [-0.05, 0) is 42.4 Å². The molecule has 0 radical (unpaired) electrons. The second-order valence-corrected chi connectivity index (χ2v) is 7.20. The zero-order valence-electron chi connectivity index (χ0n) is 14.9. The van der Waals surface area contributed by atoms with E-state index in [-0.39, 0.29) is 5.54 Å². The second kappa shape index (κ2) is 6.12. The number of para-hydroxylation sites is 1. The minimum absolute atomic E-state index is 0.170. The first-order chi connectivity index (χ1) is 11.8. The molecular formula is C23H27N. The van der Waals surface area contributed by atoms with Gasteiger partial charge in [0.15, 0.2) is 0 Å². The summed E-state index contributed by atoms with van der Waals surface area (Å²) < 4.78 is 0. The largest absolute Gasteiger partial charge is 0.362 e. The van der Waals surface area contributed by atoms with Gasteiger partial charge in [0.25, 0.3) is 0 Å². The van der Waals surface area contributed by atoms with Crippen LogP contribution in [-0.2, 0) is 6.42 Å². The smallest absolute Gasteiger partial charge is 0.0591 e. The van der Waals surface area contributed by atoms with Crippen LogP contribution in [-0.4, -0.2) is 12.1 Å². The highest BCUT2D eigenvalue weighted by atomic mass is 15.2. The van der Waals surface area contributed by atoms with Gasteiger partial charge < -0.3 is 4.90 Å². The molecule has 0 aromatic heterocycles. The van der Waals surface area contributed by atoms with Crippen molar-refractivity contribution in [1.29, 1.82) is 0 Å². The molecule has 4 rings (SSSR count). The molecule has 24 heavy (non-hydrogen) atoms. The van der Waals surface area contributed by atoms with E-state index in [1.807, 2.05) is 0 Å². The first-order valence-electron chi connectivity index (χ1n) is 9.47. The number of rotatable bonds is 4. The third kappa shape index (κ3) is 2.30. The molecule has 2 aromatic carbocycles. The van der Waals surface area contributed by atoms with E-state index in [0.29, 0.717) is 0 Å². The molecule has 0 saturated carbocycles. The Morgan fingerprint density at radius 1 is 1.00 bits per heavy atom. The summed E-state index contributed by atoms with van der Waals surface area (Å²) in [6.07, 6.45) is 8.70. The van der Waals surface area contributed by atoms with E-state index in [2.05, 4.69) is 73.4 Å². The van der Waals surface area contributed by atoms with E-state index < -0.39 is 0 Å². The van der Waals surface area contributed by atoms with E-state index >= 15 is 0 Å². The summed E-state index contributed by atoms with van der Waals surface area (Å²) >= 11 is 0. The molecule has 0 fully saturated rings. The van der Waals surface area contributed by atoms with Gasteiger partial charge in [0.1, 0.15) is 0 Å². The molecule has 0 spiro atoms. The SMILES string of the molecule is CCCC1(CC)C=C(c2ccccc2)c2cccc3c2N1CCC3. The summed E-state index contributed by atoms with van der Waals surface area (Å²) in [5.41, 5.74) is 7.43. The number of hydrogen-bond donors (Lipinski definition) is 0. The average Bonchev–Trinajstić information content (AvgIpc) is 2.65. The Morgan fingerprint density at radius 3 is 2.58 bits per heavy atom. The number of aryl methyl sites for hydroxylation is 1. The molecule has 124 valence electrons. The van der Waals surface area contributed by atoms with Gasteiger partial charge in [-0.2, -0.15) is 0 Å². The minimum Gasteiger partial charge on any atom is -0.362 e. The first kappa shape index (κ1) is 15.5. The van der Waals surface area contributed by atoms with Crippen molar-refractivity contribution < 1.29 is 0 Å². The predicted octanol–water partition coefficient (Wildman–Crippen LogP) is 5.83. The molecule has 0 N–H and O–H groups in total. The molecule has 2 aliphatic heterocycles. The summed E-state index contributed by atoms with van der Waals surface area (Å²) in [4.78, 5) is 2.73. The highest BCUT2D eigenvalue weighted by Crippen LogP contribution is 2.48. The van der Waals surface area contributed by atoms with Crippen LogP contribution in [0.2, 0.25) is 0 Å². The van der Waals surface area contributed by atoms with Gasteiger partial charge in [-0.25, -0.2) is 0 Å². The van der Waals surface area contributed by atoms with Gasteiger partial charge in [-0.15, -0.1) is 0 Å². The lowest BCUT2D eigenvalue weighted by atomic mass is 9.76. The predicted molar refractivity (Wildman–Crippen MR) is 104 cm³/mol. The molecule has 1 nitrogen and oxygen atoms in total. The Hall–Kier alpha value is -2.02. The van der Waals surface area contributed by atoms with Crippen LogP contribution in [0, 0.1) is 0 Å². The van der Waals surface area contributed by atoms with Gasteiger partial charge in [-0.1, -0.05) is 74.9 Å². The van der Waals surface area contributed by atoms with Crippen LogP contribution in [0.25, 0.3) is 5.57 Å². The van der Waals surface area contributed by atoms with Crippen molar-refractivity contribution in [2.75, 3.05) is 11.4 Å². The summed E-state index contributed by atoms with van der Waals surface area (Å²) in [5, 5.41) is 0. The first-order valence-corrected chi connectivity index (χ1v) is 9.47. The molecule has 0 bridgehead atoms. The van der Waals surface area contributed by atoms with Crippen molar-refractivity contribution in [3.63, 3.8) is 0 Å². The molecule has 2 aromatic rings. The lowest BCUT2D eigenvalue weighted by Crippen LogP contribution is -2.51. The van der Waals surface area contributed by atoms with Crippen LogP contribution in [0.15, 0.2) is 54.6 Å². The maximum absolute atomic E-state index is 2.73. The lowest BCUT2D eigenvalue weighted by molar-refractivity contribution is 0.406. The number of hydrogen-bond acceptors (Lipinski definition) is 1. The topological polar surface area (TPSA) is 3.24 Å². The van der Waals surface area contributed by atoms with E-state index in [1.165, 1.54) is 66.6 Å². The normalized spacial score (nSPS) is 22.1. The van der Waals surface area contributed by atoms with Crippen LogP contribution in [0.3, 0.4) is 0 Å². The van der Waals surface area contributed by atoms with Crippen LogP contribution < -0.4 is 4.90 Å². The van der Waals surface area contributed by atoms with Crippen molar-refractivity contribution in [3.8, 4) is 0 Å². The zero-order valence-corrected chi connectivity index (χ0v) is 14.9. The number of anilines is 1. The Kier molecular flexibility index (Phi) is 3.96. The maximum Gasteiger partial charge on any atom is 0.0591 e. The van der Waals surface area contributed by atoms with Crippen molar-refractivity contribution >= 4 is 11.3 Å². The van der Waals surface area contributed by atoms with Crippen molar-refractivity contribution in [2.24, 2.45) is 0 Å². The Bertz CT molecular complexity index is 759. The van der Waals surface area contributed by atoms with Crippen LogP contribution in [0.5, 0.6) is 0 Å². The van der Waals surface area contributed by atoms with Crippen LogP contribution in [0.4, 0.5) is 5.69 Å². The summed E-state index contributed by atoms with van der Waals surface area (Å²) in [5.74, 6) is 0.